The fourth-order valence-electron chi connectivity index (χ4n) is 4.52. The molecule has 4 heteroatoms. The van der Waals surface area contributed by atoms with E-state index in [1.54, 1.807) is 6.08 Å². The molecule has 2 fully saturated rings. The van der Waals surface area contributed by atoms with E-state index in [0.29, 0.717) is 24.3 Å². The van der Waals surface area contributed by atoms with Crippen LogP contribution in [0.4, 0.5) is 0 Å². The lowest BCUT2D eigenvalue weighted by atomic mass is 9.83. The first-order chi connectivity index (χ1) is 13.5. The molecule has 1 aromatic carbocycles. The van der Waals surface area contributed by atoms with Crippen molar-refractivity contribution in [3.63, 3.8) is 0 Å². The Morgan fingerprint density at radius 3 is 2.68 bits per heavy atom. The van der Waals surface area contributed by atoms with Gasteiger partial charge < -0.3 is 9.80 Å². The maximum atomic E-state index is 12.7. The number of carbonyl (C=O) groups is 2. The molecule has 2 heterocycles. The number of rotatable bonds is 6. The van der Waals surface area contributed by atoms with Gasteiger partial charge in [0.05, 0.1) is 0 Å². The number of fused-ring (bicyclic) bond motifs is 1. The summed E-state index contributed by atoms with van der Waals surface area (Å²) in [6, 6.07) is 10.7. The molecule has 1 aromatic rings. The van der Waals surface area contributed by atoms with Crippen molar-refractivity contribution in [2.24, 2.45) is 11.8 Å². The maximum absolute atomic E-state index is 12.7. The average Bonchev–Trinajstić information content (AvgIpc) is 2.71. The van der Waals surface area contributed by atoms with E-state index >= 15 is 0 Å². The zero-order valence-electron chi connectivity index (χ0n) is 17.3. The van der Waals surface area contributed by atoms with Crippen LogP contribution in [0.2, 0.25) is 0 Å². The van der Waals surface area contributed by atoms with Crippen molar-refractivity contribution in [1.29, 1.82) is 0 Å². The van der Waals surface area contributed by atoms with Crippen LogP contribution in [0.1, 0.15) is 51.5 Å². The molecule has 0 radical (unpaired) electrons. The van der Waals surface area contributed by atoms with Gasteiger partial charge in [-0.05, 0) is 55.6 Å². The van der Waals surface area contributed by atoms with Crippen LogP contribution in [0, 0.1) is 11.8 Å². The Morgan fingerprint density at radius 2 is 1.93 bits per heavy atom. The highest BCUT2D eigenvalue weighted by Crippen LogP contribution is 2.31. The van der Waals surface area contributed by atoms with Crippen LogP contribution in [0.25, 0.3) is 0 Å². The summed E-state index contributed by atoms with van der Waals surface area (Å²) in [5.74, 6) is 1.24. The maximum Gasteiger partial charge on any atom is 0.246 e. The molecule has 2 atom stereocenters. The molecule has 4 nitrogen and oxygen atoms in total. The van der Waals surface area contributed by atoms with Crippen molar-refractivity contribution >= 4 is 11.8 Å². The van der Waals surface area contributed by atoms with Crippen molar-refractivity contribution in [3.8, 4) is 0 Å². The minimum absolute atomic E-state index is 0.144. The van der Waals surface area contributed by atoms with Gasteiger partial charge in [0, 0.05) is 32.1 Å². The number of likely N-dealkylation sites (tertiary alicyclic amines) is 2. The lowest BCUT2D eigenvalue weighted by molar-refractivity contribution is -0.138. The van der Waals surface area contributed by atoms with Crippen molar-refractivity contribution in [2.45, 2.75) is 58.4 Å². The van der Waals surface area contributed by atoms with Crippen molar-refractivity contribution in [1.82, 2.24) is 9.80 Å². The van der Waals surface area contributed by atoms with Gasteiger partial charge in [-0.3, -0.25) is 9.59 Å². The lowest BCUT2D eigenvalue weighted by Crippen LogP contribution is -2.56. The van der Waals surface area contributed by atoms with Crippen molar-refractivity contribution < 1.29 is 9.59 Å². The molecular weight excluding hydrogens is 348 g/mol. The second-order valence-electron chi connectivity index (χ2n) is 8.57. The molecule has 0 aromatic heterocycles. The summed E-state index contributed by atoms with van der Waals surface area (Å²) in [6.07, 6.45) is 9.28. The Kier molecular flexibility index (Phi) is 7.30. The predicted molar refractivity (Wildman–Crippen MR) is 113 cm³/mol. The van der Waals surface area contributed by atoms with Gasteiger partial charge in [0.1, 0.15) is 0 Å². The van der Waals surface area contributed by atoms with Crippen LogP contribution in [-0.4, -0.2) is 47.3 Å². The van der Waals surface area contributed by atoms with Crippen molar-refractivity contribution in [2.75, 3.05) is 19.6 Å². The first-order valence-corrected chi connectivity index (χ1v) is 10.8. The first kappa shape index (κ1) is 20.6. The molecule has 0 saturated carbocycles. The number of aryl methyl sites for hydroxylation is 1. The van der Waals surface area contributed by atoms with Gasteiger partial charge in [-0.1, -0.05) is 50.3 Å². The van der Waals surface area contributed by atoms with Crippen LogP contribution in [0.3, 0.4) is 0 Å². The van der Waals surface area contributed by atoms with E-state index in [4.69, 9.17) is 0 Å². The van der Waals surface area contributed by atoms with Crippen LogP contribution in [-0.2, 0) is 16.0 Å². The number of hydrogen-bond donors (Lipinski definition) is 0. The summed E-state index contributed by atoms with van der Waals surface area (Å²) >= 11 is 0. The second-order valence-corrected chi connectivity index (χ2v) is 8.57. The highest BCUT2D eigenvalue weighted by Gasteiger charge is 2.38. The molecule has 152 valence electrons. The summed E-state index contributed by atoms with van der Waals surface area (Å²) < 4.78 is 0. The number of carbonyl (C=O) groups excluding carboxylic acids is 2. The summed E-state index contributed by atoms with van der Waals surface area (Å²) in [7, 11) is 0. The molecule has 0 unspecified atom stereocenters. The summed E-state index contributed by atoms with van der Waals surface area (Å²) in [5.41, 5.74) is 1.30. The molecule has 2 saturated heterocycles. The Bertz CT molecular complexity index is 683. The third kappa shape index (κ3) is 5.46. The van der Waals surface area contributed by atoms with Gasteiger partial charge >= 0.3 is 0 Å². The second kappa shape index (κ2) is 9.90. The number of nitrogens with zero attached hydrogens (tertiary/aromatic N) is 2. The monoisotopic (exact) mass is 382 g/mol. The Labute approximate surface area is 169 Å². The number of amides is 2. The predicted octanol–water partition coefficient (Wildman–Crippen LogP) is 4.06. The van der Waals surface area contributed by atoms with Crippen LogP contribution in [0.5, 0.6) is 0 Å². The van der Waals surface area contributed by atoms with Gasteiger partial charge in [-0.25, -0.2) is 0 Å². The quantitative estimate of drug-likeness (QED) is 0.696. The molecule has 0 spiro atoms. The smallest absolute Gasteiger partial charge is 0.246 e. The number of allylic oxidation sites excluding steroid dienone is 1. The zero-order valence-corrected chi connectivity index (χ0v) is 17.3. The molecule has 2 amide bonds. The van der Waals surface area contributed by atoms with E-state index < -0.39 is 0 Å². The van der Waals surface area contributed by atoms with E-state index in [1.165, 1.54) is 5.56 Å². The Hall–Kier alpha value is -2.10. The first-order valence-electron chi connectivity index (χ1n) is 10.8. The molecule has 2 aliphatic rings. The standard InChI is InChI=1S/C24H34N2O2/c1-19(2)13-14-24(28)26-16-7-11-21-18-25(17-15-22(21)26)23(27)12-6-10-20-8-4-3-5-9-20/h3-5,8-9,13-14,19,21-22H,6-7,10-12,15-18H2,1-2H3/b14-13+/t21-,22+/m1/s1. The highest BCUT2D eigenvalue weighted by molar-refractivity contribution is 5.88. The minimum Gasteiger partial charge on any atom is -0.342 e. The zero-order chi connectivity index (χ0) is 19.9. The van der Waals surface area contributed by atoms with Crippen molar-refractivity contribution in [3.05, 3.63) is 48.0 Å². The normalized spacial score (nSPS) is 22.5. The largest absolute Gasteiger partial charge is 0.342 e. The van der Waals surface area contributed by atoms with E-state index in [1.807, 2.05) is 17.0 Å². The Balaban J connectivity index is 1.49. The third-order valence-electron chi connectivity index (χ3n) is 6.03. The Morgan fingerprint density at radius 1 is 1.14 bits per heavy atom. The van der Waals surface area contributed by atoms with Gasteiger partial charge in [0.2, 0.25) is 11.8 Å². The van der Waals surface area contributed by atoms with Crippen LogP contribution < -0.4 is 0 Å². The number of benzene rings is 1. The molecule has 0 aliphatic carbocycles. The van der Waals surface area contributed by atoms with Gasteiger partial charge in [0.15, 0.2) is 0 Å². The molecule has 0 bridgehead atoms. The van der Waals surface area contributed by atoms with Crippen LogP contribution >= 0.6 is 0 Å². The van der Waals surface area contributed by atoms with E-state index in [0.717, 1.165) is 51.7 Å². The highest BCUT2D eigenvalue weighted by atomic mass is 16.2. The number of piperidine rings is 2. The molecule has 0 N–H and O–H groups in total. The summed E-state index contributed by atoms with van der Waals surface area (Å²) in [6.45, 7) is 6.62. The van der Waals surface area contributed by atoms with Gasteiger partial charge in [0.25, 0.3) is 0 Å². The molecule has 2 aliphatic heterocycles. The fraction of sp³-hybridized carbons (Fsp3) is 0.583. The van der Waals surface area contributed by atoms with Gasteiger partial charge in [-0.15, -0.1) is 0 Å². The van der Waals surface area contributed by atoms with Gasteiger partial charge in [-0.2, -0.15) is 0 Å². The van der Waals surface area contributed by atoms with Crippen LogP contribution in [0.15, 0.2) is 42.5 Å². The molecule has 28 heavy (non-hydrogen) atoms. The lowest BCUT2D eigenvalue weighted by Gasteiger charge is -2.47. The van der Waals surface area contributed by atoms with E-state index in [9.17, 15) is 9.59 Å². The van der Waals surface area contributed by atoms with E-state index in [2.05, 4.69) is 43.0 Å². The molecule has 3 rings (SSSR count). The summed E-state index contributed by atoms with van der Waals surface area (Å²) in [5, 5.41) is 0. The average molecular weight is 383 g/mol. The van der Waals surface area contributed by atoms with E-state index in [-0.39, 0.29) is 11.8 Å². The summed E-state index contributed by atoms with van der Waals surface area (Å²) in [4.78, 5) is 29.4. The SMILES string of the molecule is CC(C)/C=C/C(=O)N1CCC[C@@H]2CN(C(=O)CCCc3ccccc3)CC[C@@H]21. The third-order valence-corrected chi connectivity index (χ3v) is 6.03. The number of hydrogen-bond acceptors (Lipinski definition) is 2. The molecular formula is C24H34N2O2. The minimum atomic E-state index is 0.144. The fourth-order valence-corrected chi connectivity index (χ4v) is 4.52. The topological polar surface area (TPSA) is 40.6 Å².